The molecule has 0 radical (unpaired) electrons. The first kappa shape index (κ1) is 28.1. The van der Waals surface area contributed by atoms with E-state index in [-0.39, 0.29) is 0 Å². The van der Waals surface area contributed by atoms with Crippen LogP contribution < -0.4 is 11.2 Å². The molecule has 1 aliphatic heterocycles. The van der Waals surface area contributed by atoms with E-state index in [1.165, 1.54) is 0 Å². The second-order valence-corrected chi connectivity index (χ2v) is 9.09. The molecule has 35 heavy (non-hydrogen) atoms. The van der Waals surface area contributed by atoms with Crippen molar-refractivity contribution in [1.29, 1.82) is 0 Å². The minimum atomic E-state index is -2.86. The molecule has 0 spiro atoms. The van der Waals surface area contributed by atoms with Crippen molar-refractivity contribution >= 4 is 43.4 Å². The number of nitrogens with zero attached hydrogens (tertiary/aromatic N) is 1. The number of hydrogen-bond donors (Lipinski definition) is 6. The molecule has 0 amide bonds. The SMILES string of the molecule is CO[C@H]1[C@H](n2ccc(=O)[nH]c2=O)OC(CC(C(=O)O)C(=O)O)(CC(C(=O)O)C(=O)O)[C@H]1O[P+](=O)S. The Kier molecular flexibility index (Phi) is 8.91. The topological polar surface area (TPSA) is 249 Å². The van der Waals surface area contributed by atoms with Gasteiger partial charge in [-0.15, -0.1) is 4.52 Å². The molecule has 5 N–H and O–H groups in total. The van der Waals surface area contributed by atoms with Crippen molar-refractivity contribution in [2.24, 2.45) is 11.8 Å². The Hall–Kier alpha value is -3.11. The fourth-order valence-corrected chi connectivity index (χ4v) is 4.63. The zero-order chi connectivity index (χ0) is 26.7. The molecule has 2 rings (SSSR count). The van der Waals surface area contributed by atoms with Gasteiger partial charge in [-0.05, 0) is 4.57 Å². The van der Waals surface area contributed by atoms with Crippen LogP contribution in [0.2, 0.25) is 0 Å². The van der Waals surface area contributed by atoms with Gasteiger partial charge >= 0.3 is 36.8 Å². The average Bonchev–Trinajstić information content (AvgIpc) is 3.01. The predicted molar refractivity (Wildman–Crippen MR) is 113 cm³/mol. The number of carbonyl (C=O) groups is 4. The third-order valence-corrected chi connectivity index (χ3v) is 6.04. The van der Waals surface area contributed by atoms with Gasteiger partial charge in [-0.3, -0.25) is 33.5 Å². The number of nitrogens with one attached hydrogen (secondary N) is 1. The van der Waals surface area contributed by atoms with Crippen LogP contribution in [0.1, 0.15) is 19.1 Å². The van der Waals surface area contributed by atoms with Crippen molar-refractivity contribution in [1.82, 2.24) is 9.55 Å². The maximum absolute atomic E-state index is 12.4. The summed E-state index contributed by atoms with van der Waals surface area (Å²) < 4.78 is 29.0. The lowest BCUT2D eigenvalue weighted by Crippen LogP contribution is -2.50. The van der Waals surface area contributed by atoms with Gasteiger partial charge in [0.2, 0.25) is 0 Å². The van der Waals surface area contributed by atoms with Crippen molar-refractivity contribution < 1.29 is 58.2 Å². The summed E-state index contributed by atoms with van der Waals surface area (Å²) in [7, 11) is -1.80. The second kappa shape index (κ2) is 11.1. The van der Waals surface area contributed by atoms with Crippen LogP contribution >= 0.6 is 19.5 Å². The van der Waals surface area contributed by atoms with Gasteiger partial charge in [0.25, 0.3) is 5.56 Å². The van der Waals surface area contributed by atoms with E-state index in [0.29, 0.717) is 0 Å². The Morgan fingerprint density at radius 1 is 1.11 bits per heavy atom. The molecule has 1 aromatic rings. The van der Waals surface area contributed by atoms with Crippen LogP contribution in [0.4, 0.5) is 0 Å². The molecule has 192 valence electrons. The van der Waals surface area contributed by atoms with Crippen LogP contribution in [-0.2, 0) is 37.7 Å². The van der Waals surface area contributed by atoms with Crippen molar-refractivity contribution in [3.8, 4) is 0 Å². The second-order valence-electron chi connectivity index (χ2n) is 7.42. The highest BCUT2D eigenvalue weighted by atomic mass is 32.7. The van der Waals surface area contributed by atoms with Gasteiger partial charge in [-0.2, -0.15) is 0 Å². The molecule has 1 aliphatic rings. The highest BCUT2D eigenvalue weighted by molar-refractivity contribution is 8.39. The van der Waals surface area contributed by atoms with Gasteiger partial charge in [0.1, 0.15) is 24.0 Å². The van der Waals surface area contributed by atoms with Crippen LogP contribution in [0.15, 0.2) is 21.9 Å². The number of H-pyrrole nitrogens is 1. The van der Waals surface area contributed by atoms with Crippen LogP contribution in [0.25, 0.3) is 0 Å². The molecule has 0 aliphatic carbocycles. The molecule has 1 unspecified atom stereocenters. The van der Waals surface area contributed by atoms with E-state index in [2.05, 4.69) is 12.2 Å². The first-order chi connectivity index (χ1) is 16.2. The number of carboxylic acid groups (broad SMARTS) is 4. The van der Waals surface area contributed by atoms with Gasteiger partial charge < -0.3 is 29.9 Å². The lowest BCUT2D eigenvalue weighted by Gasteiger charge is -2.34. The molecule has 4 atom stereocenters. The Labute approximate surface area is 200 Å². The Morgan fingerprint density at radius 3 is 1.97 bits per heavy atom. The lowest BCUT2D eigenvalue weighted by molar-refractivity contribution is -0.170. The summed E-state index contributed by atoms with van der Waals surface area (Å²) in [6, 6.07) is 0.904. The summed E-state index contributed by atoms with van der Waals surface area (Å²) in [6.45, 7) is 0. The van der Waals surface area contributed by atoms with E-state index in [9.17, 15) is 53.8 Å². The van der Waals surface area contributed by atoms with E-state index in [4.69, 9.17) is 14.0 Å². The summed E-state index contributed by atoms with van der Waals surface area (Å²) in [5.74, 6) is -12.1. The van der Waals surface area contributed by atoms with Gasteiger partial charge in [-0.25, -0.2) is 4.79 Å². The number of thiol groups is 1. The summed E-state index contributed by atoms with van der Waals surface area (Å²) in [5, 5.41) is 37.6. The van der Waals surface area contributed by atoms with Crippen LogP contribution in [0.3, 0.4) is 0 Å². The number of aliphatic carboxylic acids is 4. The predicted octanol–water partition coefficient (Wildman–Crippen LogP) is -0.857. The largest absolute Gasteiger partial charge is 0.582 e. The molecule has 0 saturated carbocycles. The molecule has 1 fully saturated rings. The molecule has 0 bridgehead atoms. The third-order valence-electron chi connectivity index (χ3n) is 5.35. The van der Waals surface area contributed by atoms with Gasteiger partial charge in [0.15, 0.2) is 24.2 Å². The van der Waals surface area contributed by atoms with Crippen molar-refractivity contribution in [2.75, 3.05) is 7.11 Å². The van der Waals surface area contributed by atoms with E-state index < -0.39 is 91.1 Å². The smallest absolute Gasteiger partial charge is 0.481 e. The normalized spacial score (nSPS) is 21.7. The zero-order valence-corrected chi connectivity index (χ0v) is 19.5. The number of ether oxygens (including phenoxy) is 2. The number of aromatic amines is 1. The number of rotatable bonds is 12. The Morgan fingerprint density at radius 2 is 1.60 bits per heavy atom. The van der Waals surface area contributed by atoms with Crippen LogP contribution in [-0.4, -0.2) is 78.8 Å². The maximum atomic E-state index is 12.4. The van der Waals surface area contributed by atoms with Crippen LogP contribution in [0, 0.1) is 11.8 Å². The van der Waals surface area contributed by atoms with E-state index in [0.717, 1.165) is 23.9 Å². The van der Waals surface area contributed by atoms with E-state index in [1.54, 1.807) is 0 Å². The fourth-order valence-electron chi connectivity index (χ4n) is 3.82. The summed E-state index contributed by atoms with van der Waals surface area (Å²) in [6.07, 6.45) is -6.13. The molecule has 2 heterocycles. The molecule has 1 saturated heterocycles. The zero-order valence-electron chi connectivity index (χ0n) is 17.7. The Bertz CT molecular complexity index is 1090. The van der Waals surface area contributed by atoms with Gasteiger partial charge in [0.05, 0.1) is 0 Å². The molecule has 0 aromatic carbocycles. The van der Waals surface area contributed by atoms with Gasteiger partial charge in [-0.1, -0.05) is 0 Å². The average molecular weight is 539 g/mol. The van der Waals surface area contributed by atoms with Gasteiger partial charge in [0, 0.05) is 32.2 Å². The monoisotopic (exact) mass is 539 g/mol. The molecule has 18 heteroatoms. The number of hydrogen-bond acceptors (Lipinski definition) is 10. The molecular weight excluding hydrogens is 519 g/mol. The summed E-state index contributed by atoms with van der Waals surface area (Å²) >= 11 is 3.62. The number of methoxy groups -OCH3 is 1. The van der Waals surface area contributed by atoms with E-state index in [1.807, 2.05) is 4.98 Å². The standard InChI is InChI=1S/C17H19N2O14PS/c1-31-9-10(33-34(30)35)17(4-6(12(21)22)13(23)24,5-7(14(25)26)15(27)28)32-11(9)19-3-2-8(20)18-16(19)29/h2-3,6-7,9-11H,4-5H2,1H3,(H5-,18,20,21,22,23,24,25,26,27,28,29,30,35)/p+1/t9-,10+,11-/m1/s1. The van der Waals surface area contributed by atoms with Crippen molar-refractivity contribution in [3.63, 3.8) is 0 Å². The third kappa shape index (κ3) is 6.12. The lowest BCUT2D eigenvalue weighted by atomic mass is 9.78. The minimum absolute atomic E-state index is 0.742. The summed E-state index contributed by atoms with van der Waals surface area (Å²) in [5.41, 5.74) is -4.27. The van der Waals surface area contributed by atoms with E-state index >= 15 is 0 Å². The number of aromatic nitrogens is 2. The maximum Gasteiger partial charge on any atom is 0.582 e. The first-order valence-corrected chi connectivity index (χ1v) is 11.8. The Balaban J connectivity index is 2.79. The molecule has 16 nitrogen and oxygen atoms in total. The fraction of sp³-hybridized carbons (Fsp3) is 0.529. The number of carboxylic acids is 4. The quantitative estimate of drug-likeness (QED) is 0.107. The highest BCUT2D eigenvalue weighted by Gasteiger charge is 2.63. The highest BCUT2D eigenvalue weighted by Crippen LogP contribution is 2.50. The first-order valence-electron chi connectivity index (χ1n) is 9.50. The minimum Gasteiger partial charge on any atom is -0.481 e. The molecular formula is C17H20N2O14PS+. The summed E-state index contributed by atoms with van der Waals surface area (Å²) in [4.78, 5) is 72.3. The van der Waals surface area contributed by atoms with Crippen molar-refractivity contribution in [3.05, 3.63) is 33.1 Å². The molecule has 1 aromatic heterocycles. The van der Waals surface area contributed by atoms with Crippen molar-refractivity contribution in [2.45, 2.75) is 36.9 Å². The van der Waals surface area contributed by atoms with Crippen LogP contribution in [0.5, 0.6) is 0 Å².